The van der Waals surface area contributed by atoms with Gasteiger partial charge in [-0.2, -0.15) is 4.98 Å². The fourth-order valence-electron chi connectivity index (χ4n) is 4.38. The smallest absolute Gasteiger partial charge is 0.280 e. The van der Waals surface area contributed by atoms with E-state index in [1.54, 1.807) is 0 Å². The first-order valence-corrected chi connectivity index (χ1v) is 11.6. The highest BCUT2D eigenvalue weighted by Gasteiger charge is 2.23. The molecule has 1 atom stereocenters. The molecule has 3 heterocycles. The van der Waals surface area contributed by atoms with Gasteiger partial charge in [-0.1, -0.05) is 78.3 Å². The van der Waals surface area contributed by atoms with Gasteiger partial charge in [-0.3, -0.25) is 0 Å². The maximum absolute atomic E-state index is 10.6. The van der Waals surface area contributed by atoms with Gasteiger partial charge in [0.15, 0.2) is 11.5 Å². The highest BCUT2D eigenvalue weighted by atomic mass is 16.5. The first kappa shape index (κ1) is 21.6. The number of benzene rings is 2. The van der Waals surface area contributed by atoms with Crippen LogP contribution in [0.3, 0.4) is 0 Å². The second kappa shape index (κ2) is 9.68. The molecule has 33 heavy (non-hydrogen) atoms. The molecule has 1 saturated heterocycles. The minimum atomic E-state index is -0.499. The third kappa shape index (κ3) is 4.60. The lowest BCUT2D eigenvalue weighted by Gasteiger charge is -2.19. The monoisotopic (exact) mass is 444 g/mol. The SMILES string of the molecule is CCCc1c(-c2nc(-c3ccc(C(O)CN4CCCC4)cc3)no2)noc1-c1ccccc1. The van der Waals surface area contributed by atoms with Crippen molar-refractivity contribution < 1.29 is 14.2 Å². The van der Waals surface area contributed by atoms with Crippen LogP contribution in [0, 0.1) is 0 Å². The lowest BCUT2D eigenvalue weighted by molar-refractivity contribution is 0.126. The summed E-state index contributed by atoms with van der Waals surface area (Å²) in [5.41, 5.74) is 4.25. The third-order valence-electron chi connectivity index (χ3n) is 6.14. The molecule has 5 rings (SSSR count). The molecule has 7 nitrogen and oxygen atoms in total. The van der Waals surface area contributed by atoms with Crippen LogP contribution in [0.1, 0.15) is 43.4 Å². The van der Waals surface area contributed by atoms with E-state index >= 15 is 0 Å². The van der Waals surface area contributed by atoms with Crippen molar-refractivity contribution in [1.82, 2.24) is 20.2 Å². The molecule has 0 spiro atoms. The van der Waals surface area contributed by atoms with E-state index in [1.807, 2.05) is 54.6 Å². The van der Waals surface area contributed by atoms with E-state index in [0.29, 0.717) is 24.0 Å². The molecule has 0 aliphatic carbocycles. The van der Waals surface area contributed by atoms with Crippen LogP contribution in [-0.2, 0) is 6.42 Å². The second-order valence-corrected chi connectivity index (χ2v) is 8.52. The number of hydrogen-bond donors (Lipinski definition) is 1. The van der Waals surface area contributed by atoms with Crippen LogP contribution in [0.2, 0.25) is 0 Å². The number of hydrogen-bond acceptors (Lipinski definition) is 7. The molecule has 2 aromatic carbocycles. The lowest BCUT2D eigenvalue weighted by Crippen LogP contribution is -2.25. The molecule has 0 saturated carbocycles. The number of β-amino-alcohol motifs (C(OH)–C–C–N with tert-alkyl or cyclic N) is 1. The molecule has 2 aromatic heterocycles. The number of aliphatic hydroxyl groups is 1. The molecule has 1 unspecified atom stereocenters. The first-order valence-electron chi connectivity index (χ1n) is 11.6. The van der Waals surface area contributed by atoms with E-state index in [2.05, 4.69) is 27.1 Å². The number of rotatable bonds is 8. The van der Waals surface area contributed by atoms with Gasteiger partial charge in [0.25, 0.3) is 5.89 Å². The summed E-state index contributed by atoms with van der Waals surface area (Å²) >= 11 is 0. The molecular weight excluding hydrogens is 416 g/mol. The predicted molar refractivity (Wildman–Crippen MR) is 125 cm³/mol. The van der Waals surface area contributed by atoms with Crippen LogP contribution in [-0.4, -0.2) is 44.9 Å². The van der Waals surface area contributed by atoms with Gasteiger partial charge < -0.3 is 19.1 Å². The van der Waals surface area contributed by atoms with Gasteiger partial charge in [0, 0.05) is 23.2 Å². The summed E-state index contributed by atoms with van der Waals surface area (Å²) in [6, 6.07) is 17.6. The Bertz CT molecular complexity index is 1180. The van der Waals surface area contributed by atoms with E-state index in [1.165, 1.54) is 12.8 Å². The molecule has 0 radical (unpaired) electrons. The van der Waals surface area contributed by atoms with Gasteiger partial charge in [0.1, 0.15) is 0 Å². The van der Waals surface area contributed by atoms with Crippen LogP contribution in [0.25, 0.3) is 34.3 Å². The topological polar surface area (TPSA) is 88.4 Å². The maximum Gasteiger partial charge on any atom is 0.280 e. The zero-order valence-electron chi connectivity index (χ0n) is 18.8. The fraction of sp³-hybridized carbons (Fsp3) is 0.346. The average Bonchev–Trinajstić information content (AvgIpc) is 3.61. The molecule has 1 aliphatic rings. The molecular formula is C26H28N4O3. The van der Waals surface area contributed by atoms with E-state index in [-0.39, 0.29) is 0 Å². The molecule has 1 aliphatic heterocycles. The van der Waals surface area contributed by atoms with Crippen molar-refractivity contribution in [3.05, 3.63) is 65.7 Å². The Balaban J connectivity index is 1.36. The maximum atomic E-state index is 10.6. The van der Waals surface area contributed by atoms with E-state index in [0.717, 1.165) is 53.9 Å². The molecule has 170 valence electrons. The third-order valence-corrected chi connectivity index (χ3v) is 6.14. The van der Waals surface area contributed by atoms with Crippen molar-refractivity contribution >= 4 is 0 Å². The van der Waals surface area contributed by atoms with Crippen molar-refractivity contribution in [2.45, 2.75) is 38.7 Å². The molecule has 4 aromatic rings. The normalized spacial score (nSPS) is 15.2. The minimum absolute atomic E-state index is 0.345. The van der Waals surface area contributed by atoms with E-state index in [9.17, 15) is 5.11 Å². The summed E-state index contributed by atoms with van der Waals surface area (Å²) < 4.78 is 11.3. The second-order valence-electron chi connectivity index (χ2n) is 8.52. The highest BCUT2D eigenvalue weighted by molar-refractivity contribution is 5.69. The number of nitrogens with zero attached hydrogens (tertiary/aromatic N) is 4. The van der Waals surface area contributed by atoms with E-state index < -0.39 is 6.10 Å². The molecule has 1 fully saturated rings. The molecule has 7 heteroatoms. The Morgan fingerprint density at radius 2 is 1.70 bits per heavy atom. The van der Waals surface area contributed by atoms with Gasteiger partial charge in [-0.05, 0) is 37.9 Å². The van der Waals surface area contributed by atoms with Gasteiger partial charge in [-0.15, -0.1) is 0 Å². The Kier molecular flexibility index (Phi) is 6.32. The summed E-state index contributed by atoms with van der Waals surface area (Å²) in [6.07, 6.45) is 3.66. The van der Waals surface area contributed by atoms with Crippen molar-refractivity contribution in [2.24, 2.45) is 0 Å². The molecule has 1 N–H and O–H groups in total. The zero-order valence-corrected chi connectivity index (χ0v) is 18.8. The Hall–Kier alpha value is -3.29. The molecule has 0 amide bonds. The highest BCUT2D eigenvalue weighted by Crippen LogP contribution is 2.33. The summed E-state index contributed by atoms with van der Waals surface area (Å²) in [6.45, 7) is 4.91. The summed E-state index contributed by atoms with van der Waals surface area (Å²) in [5.74, 6) is 1.57. The van der Waals surface area contributed by atoms with Gasteiger partial charge >= 0.3 is 0 Å². The summed E-state index contributed by atoms with van der Waals surface area (Å²) in [5, 5.41) is 19.0. The first-order chi connectivity index (χ1) is 16.2. The Morgan fingerprint density at radius 3 is 2.42 bits per heavy atom. The summed E-state index contributed by atoms with van der Waals surface area (Å²) in [4.78, 5) is 6.89. The lowest BCUT2D eigenvalue weighted by atomic mass is 10.0. The van der Waals surface area contributed by atoms with Crippen LogP contribution in [0.15, 0.2) is 63.6 Å². The predicted octanol–water partition coefficient (Wildman–Crippen LogP) is 5.14. The number of likely N-dealkylation sites (tertiary alicyclic amines) is 1. The van der Waals surface area contributed by atoms with Crippen molar-refractivity contribution in [3.63, 3.8) is 0 Å². The summed E-state index contributed by atoms with van der Waals surface area (Å²) in [7, 11) is 0. The van der Waals surface area contributed by atoms with Crippen molar-refractivity contribution in [2.75, 3.05) is 19.6 Å². The largest absolute Gasteiger partial charge is 0.387 e. The molecule has 0 bridgehead atoms. The zero-order chi connectivity index (χ0) is 22.6. The Labute approximate surface area is 193 Å². The van der Waals surface area contributed by atoms with Crippen LogP contribution < -0.4 is 0 Å². The van der Waals surface area contributed by atoms with Gasteiger partial charge in [0.05, 0.1) is 6.10 Å². The quantitative estimate of drug-likeness (QED) is 0.402. The average molecular weight is 445 g/mol. The van der Waals surface area contributed by atoms with Crippen molar-refractivity contribution in [3.8, 4) is 34.3 Å². The van der Waals surface area contributed by atoms with Crippen molar-refractivity contribution in [1.29, 1.82) is 0 Å². The Morgan fingerprint density at radius 1 is 0.939 bits per heavy atom. The minimum Gasteiger partial charge on any atom is -0.387 e. The number of aliphatic hydroxyl groups excluding tert-OH is 1. The van der Waals surface area contributed by atoms with Crippen LogP contribution in [0.5, 0.6) is 0 Å². The van der Waals surface area contributed by atoms with Crippen LogP contribution in [0.4, 0.5) is 0 Å². The van der Waals surface area contributed by atoms with Gasteiger partial charge in [0.2, 0.25) is 5.82 Å². The van der Waals surface area contributed by atoms with E-state index in [4.69, 9.17) is 9.05 Å². The van der Waals surface area contributed by atoms with Gasteiger partial charge in [-0.25, -0.2) is 0 Å². The standard InChI is InChI=1S/C26H28N4O3/c1-2-8-21-23(28-32-24(21)19-9-4-3-5-10-19)26-27-25(29-33-26)20-13-11-18(12-14-20)22(31)17-30-15-6-7-16-30/h3-5,9-14,22,31H,2,6-8,15-17H2,1H3. The number of aromatic nitrogens is 3. The van der Waals surface area contributed by atoms with Crippen LogP contribution >= 0.6 is 0 Å². The fourth-order valence-corrected chi connectivity index (χ4v) is 4.38.